The molecule has 0 fully saturated rings. The fourth-order valence-corrected chi connectivity index (χ4v) is 0.376. The Labute approximate surface area is 64.8 Å². The number of hydrogen-bond donors (Lipinski definition) is 0. The van der Waals surface area contributed by atoms with E-state index in [1.807, 2.05) is 0 Å². The monoisotopic (exact) mass is 158 g/mol. The van der Waals surface area contributed by atoms with Gasteiger partial charge in [0.2, 0.25) is 0 Å². The van der Waals surface area contributed by atoms with Gasteiger partial charge in [-0.15, -0.1) is 0 Å². The molecule has 0 amide bonds. The van der Waals surface area contributed by atoms with Crippen LogP contribution in [-0.2, 0) is 19.1 Å². The van der Waals surface area contributed by atoms with Crippen LogP contribution in [0.15, 0.2) is 12.3 Å². The molecule has 0 heterocycles. The van der Waals surface area contributed by atoms with Gasteiger partial charge in [-0.1, -0.05) is 0 Å². The molecule has 11 heavy (non-hydrogen) atoms. The fourth-order valence-electron chi connectivity index (χ4n) is 0.376. The zero-order chi connectivity index (χ0) is 8.69. The zero-order valence-electron chi connectivity index (χ0n) is 6.49. The van der Waals surface area contributed by atoms with Gasteiger partial charge >= 0.3 is 11.9 Å². The van der Waals surface area contributed by atoms with Crippen molar-refractivity contribution in [2.45, 2.75) is 13.8 Å². The van der Waals surface area contributed by atoms with Gasteiger partial charge in [-0.3, -0.25) is 4.79 Å². The molecule has 0 aromatic rings. The summed E-state index contributed by atoms with van der Waals surface area (Å²) >= 11 is 0. The average Bonchev–Trinajstić information content (AvgIpc) is 1.87. The lowest BCUT2D eigenvalue weighted by molar-refractivity contribution is -0.137. The molecule has 4 nitrogen and oxygen atoms in total. The molecule has 0 N–H and O–H groups in total. The molecule has 0 rings (SSSR count). The van der Waals surface area contributed by atoms with Gasteiger partial charge in [0.25, 0.3) is 0 Å². The predicted molar refractivity (Wildman–Crippen MR) is 37.5 cm³/mol. The Morgan fingerprint density at radius 2 is 2.09 bits per heavy atom. The first-order valence-electron chi connectivity index (χ1n) is 3.17. The Hall–Kier alpha value is -1.32. The zero-order valence-corrected chi connectivity index (χ0v) is 6.49. The van der Waals surface area contributed by atoms with Crippen LogP contribution in [0.3, 0.4) is 0 Å². The van der Waals surface area contributed by atoms with Crippen molar-refractivity contribution in [2.24, 2.45) is 0 Å². The van der Waals surface area contributed by atoms with Gasteiger partial charge in [-0.25, -0.2) is 4.79 Å². The number of rotatable bonds is 3. The number of hydrogen-bond acceptors (Lipinski definition) is 4. The Morgan fingerprint density at radius 3 is 2.55 bits per heavy atom. The van der Waals surface area contributed by atoms with Crippen molar-refractivity contribution in [1.29, 1.82) is 0 Å². The summed E-state index contributed by atoms with van der Waals surface area (Å²) in [4.78, 5) is 20.7. The van der Waals surface area contributed by atoms with Crippen molar-refractivity contribution in [2.75, 3.05) is 6.61 Å². The highest BCUT2D eigenvalue weighted by Crippen LogP contribution is 1.83. The van der Waals surface area contributed by atoms with Gasteiger partial charge in [0, 0.05) is 6.92 Å². The predicted octanol–water partition coefficient (Wildman–Crippen LogP) is 0.626. The largest absolute Gasteiger partial charge is 0.463 e. The van der Waals surface area contributed by atoms with Crippen molar-refractivity contribution in [3.63, 3.8) is 0 Å². The maximum atomic E-state index is 10.5. The van der Waals surface area contributed by atoms with Crippen molar-refractivity contribution < 1.29 is 19.1 Å². The van der Waals surface area contributed by atoms with E-state index in [-0.39, 0.29) is 0 Å². The van der Waals surface area contributed by atoms with E-state index in [1.54, 1.807) is 6.92 Å². The lowest BCUT2D eigenvalue weighted by Crippen LogP contribution is -2.00. The maximum Gasteiger partial charge on any atom is 0.333 e. The van der Waals surface area contributed by atoms with Crippen molar-refractivity contribution in [3.8, 4) is 0 Å². The third-order valence-corrected chi connectivity index (χ3v) is 0.725. The third-order valence-electron chi connectivity index (χ3n) is 0.725. The topological polar surface area (TPSA) is 52.6 Å². The summed E-state index contributed by atoms with van der Waals surface area (Å²) in [6.45, 7) is 3.25. The molecule has 0 aliphatic carbocycles. The summed E-state index contributed by atoms with van der Waals surface area (Å²) in [5, 5.41) is 0. The lowest BCUT2D eigenvalue weighted by atomic mass is 10.6. The number of carbonyl (C=O) groups excluding carboxylic acids is 2. The molecular formula is C7H10O4. The molecule has 62 valence electrons. The molecular weight excluding hydrogens is 148 g/mol. The molecule has 0 saturated heterocycles. The highest BCUT2D eigenvalue weighted by atomic mass is 16.5. The Bertz CT molecular complexity index is 171. The summed E-state index contributed by atoms with van der Waals surface area (Å²) in [5.41, 5.74) is 0. The van der Waals surface area contributed by atoms with E-state index in [2.05, 4.69) is 9.47 Å². The maximum absolute atomic E-state index is 10.5. The third kappa shape index (κ3) is 6.57. The summed E-state index contributed by atoms with van der Waals surface area (Å²) in [7, 11) is 0. The first-order chi connectivity index (χ1) is 5.16. The Morgan fingerprint density at radius 1 is 1.45 bits per heavy atom. The molecule has 0 spiro atoms. The second-order valence-electron chi connectivity index (χ2n) is 1.66. The summed E-state index contributed by atoms with van der Waals surface area (Å²) in [6.07, 6.45) is 2.05. The van der Waals surface area contributed by atoms with Crippen LogP contribution in [-0.4, -0.2) is 18.5 Å². The second kappa shape index (κ2) is 5.46. The smallest absolute Gasteiger partial charge is 0.333 e. The molecule has 0 aliphatic heterocycles. The molecule has 0 radical (unpaired) electrons. The summed E-state index contributed by atoms with van der Waals surface area (Å²) in [5.74, 6) is -0.987. The van der Waals surface area contributed by atoms with Gasteiger partial charge in [-0.2, -0.15) is 0 Å². The van der Waals surface area contributed by atoms with E-state index in [4.69, 9.17) is 0 Å². The quantitative estimate of drug-likeness (QED) is 0.343. The SMILES string of the molecule is CCOC(=O)/C=C/OC(C)=O. The highest BCUT2D eigenvalue weighted by molar-refractivity contribution is 5.82. The van der Waals surface area contributed by atoms with Crippen LogP contribution in [0.1, 0.15) is 13.8 Å². The van der Waals surface area contributed by atoms with Gasteiger partial charge in [0.1, 0.15) is 6.26 Å². The number of esters is 2. The lowest BCUT2D eigenvalue weighted by Gasteiger charge is -1.93. The second-order valence-corrected chi connectivity index (χ2v) is 1.66. The van der Waals surface area contributed by atoms with Crippen LogP contribution in [0.4, 0.5) is 0 Å². The van der Waals surface area contributed by atoms with Crippen LogP contribution in [0.2, 0.25) is 0 Å². The van der Waals surface area contributed by atoms with Crippen molar-refractivity contribution in [1.82, 2.24) is 0 Å². The Balaban J connectivity index is 3.56. The van der Waals surface area contributed by atoms with E-state index in [1.165, 1.54) is 6.92 Å². The summed E-state index contributed by atoms with van der Waals surface area (Å²) in [6, 6.07) is 0. The molecule has 0 aromatic carbocycles. The molecule has 4 heteroatoms. The van der Waals surface area contributed by atoms with Crippen LogP contribution < -0.4 is 0 Å². The Kier molecular flexibility index (Phi) is 4.81. The standard InChI is InChI=1S/C7H10O4/c1-3-10-7(9)4-5-11-6(2)8/h4-5H,3H2,1-2H3/b5-4+. The minimum absolute atomic E-state index is 0.309. The van der Waals surface area contributed by atoms with Crippen LogP contribution in [0.5, 0.6) is 0 Å². The fraction of sp³-hybridized carbons (Fsp3) is 0.429. The molecule has 0 atom stereocenters. The first kappa shape index (κ1) is 9.68. The van der Waals surface area contributed by atoms with Gasteiger partial charge < -0.3 is 9.47 Å². The first-order valence-corrected chi connectivity index (χ1v) is 3.17. The van der Waals surface area contributed by atoms with Crippen molar-refractivity contribution >= 4 is 11.9 Å². The minimum atomic E-state index is -0.520. The van der Waals surface area contributed by atoms with E-state index >= 15 is 0 Å². The number of carbonyl (C=O) groups is 2. The molecule has 0 aromatic heterocycles. The minimum Gasteiger partial charge on any atom is -0.463 e. The summed E-state index contributed by atoms with van der Waals surface area (Å²) < 4.78 is 8.85. The van der Waals surface area contributed by atoms with Gasteiger partial charge in [-0.05, 0) is 6.92 Å². The molecule has 0 saturated carbocycles. The van der Waals surface area contributed by atoms with Crippen LogP contribution >= 0.6 is 0 Å². The van der Waals surface area contributed by atoms with Gasteiger partial charge in [0.15, 0.2) is 0 Å². The van der Waals surface area contributed by atoms with E-state index in [9.17, 15) is 9.59 Å². The highest BCUT2D eigenvalue weighted by Gasteiger charge is 1.93. The van der Waals surface area contributed by atoms with E-state index < -0.39 is 11.9 Å². The van der Waals surface area contributed by atoms with Gasteiger partial charge in [0.05, 0.1) is 12.7 Å². The average molecular weight is 158 g/mol. The van der Waals surface area contributed by atoms with Crippen LogP contribution in [0, 0.1) is 0 Å². The van der Waals surface area contributed by atoms with Crippen LogP contribution in [0.25, 0.3) is 0 Å². The van der Waals surface area contributed by atoms with Crippen molar-refractivity contribution in [3.05, 3.63) is 12.3 Å². The molecule has 0 unspecified atom stereocenters. The molecule has 0 bridgehead atoms. The number of ether oxygens (including phenoxy) is 2. The van der Waals surface area contributed by atoms with E-state index in [0.29, 0.717) is 6.61 Å². The van der Waals surface area contributed by atoms with E-state index in [0.717, 1.165) is 12.3 Å². The molecule has 0 aliphatic rings. The normalized spacial score (nSPS) is 9.64.